The predicted molar refractivity (Wildman–Crippen MR) is 462 cm³/mol. The van der Waals surface area contributed by atoms with E-state index in [1.165, 1.54) is 60.1 Å². The number of hydrogen-bond donors (Lipinski definition) is 6. The monoisotopic (exact) mass is 1730 g/mol. The van der Waals surface area contributed by atoms with Crippen LogP contribution in [0.3, 0.4) is 0 Å². The molecule has 24 atom stereocenters. The number of carbonyl (C=O) groups is 3. The van der Waals surface area contributed by atoms with Gasteiger partial charge >= 0.3 is 0 Å². The second-order valence-corrected chi connectivity index (χ2v) is 40.0. The first-order valence-electron chi connectivity index (χ1n) is 43.4. The minimum absolute atomic E-state index is 0. The number of carbonyl (C=O) groups excluding carboxylic acids is 3. The molecule has 0 spiro atoms. The van der Waals surface area contributed by atoms with E-state index in [1.54, 1.807) is 0 Å². The zero-order chi connectivity index (χ0) is 83.6. The Hall–Kier alpha value is -5.02. The molecule has 2 aromatic carbocycles. The molecule has 119 heavy (non-hydrogen) atoms. The number of halogens is 7. The number of alkyl halides is 1. The normalized spacial score (nSPS) is 39.4. The van der Waals surface area contributed by atoms with Crippen LogP contribution in [0.4, 0.5) is 26.3 Å². The van der Waals surface area contributed by atoms with Crippen LogP contribution in [0, 0.1) is 155 Å². The summed E-state index contributed by atoms with van der Waals surface area (Å²) >= 11 is 3.44. The zero-order valence-electron chi connectivity index (χ0n) is 70.0. The Bertz CT molecular complexity index is 4340. The Morgan fingerprint density at radius 2 is 0.891 bits per heavy atom. The highest BCUT2D eigenvalue weighted by atomic mass is 79.9. The molecule has 12 saturated carbocycles. The van der Waals surface area contributed by atoms with E-state index in [0.29, 0.717) is 94.9 Å². The van der Waals surface area contributed by atoms with Gasteiger partial charge in [0.05, 0.1) is 53.2 Å². The van der Waals surface area contributed by atoms with Gasteiger partial charge in [0, 0.05) is 37.6 Å². The molecule has 2 heterocycles. The van der Waals surface area contributed by atoms with Gasteiger partial charge in [0.15, 0.2) is 57.5 Å². The van der Waals surface area contributed by atoms with E-state index in [4.69, 9.17) is 32.8 Å². The highest BCUT2D eigenvalue weighted by molar-refractivity contribution is 9.09. The summed E-state index contributed by atoms with van der Waals surface area (Å²) in [5, 5.41) is 62.9. The molecule has 0 bridgehead atoms. The standard InChI is InChI=1S/2C30H41F2N3O3.C24H39BrO3.C6H4F2N2.2CH4.B2H3.H3N/c1-4-38-17-30-14-13-28(2,37)15-18(30)5-6-19-20-7-8-22(29(20,3)12-11-21(19)30)25(36)16-35-24-10-9-23(31)26(32)27(24)33-34-35;1-4-38-17-30-14-13-28(2,37)15-18(30)5-6-19-20-7-8-22(29(20,3)12-11-21(19)30)25(36)16-35-33-24-10-9-23(31)26(32)27(24)34-35;1-4-28-15-24-12-11-22(2,27)13-16(24)5-6-17-18-7-8-20(21(26)14-25)23(18,3)10-9-19(17)24;7-3-1-2-4(9)6(10)5(3)8;;;1-2;/h2*9-10,18-22,37H,4-8,11-17H2,1-3H3;16-20,27H,4-15H2,1-3H3;1-2,9-10H;2*1H4;1H3;1H3/q;;;;;;-1;/t2*18-,19-,20-,21-,22+,28+,29-,30+;16-,17-,18-,19-,20+,22+,23-,24+;;;;;/m000...../s1. The Morgan fingerprint density at radius 1 is 0.504 bits per heavy atom. The van der Waals surface area contributed by atoms with Crippen LogP contribution in [0.5, 0.6) is 0 Å². The van der Waals surface area contributed by atoms with E-state index in [2.05, 4.69) is 78.0 Å². The van der Waals surface area contributed by atoms with Crippen LogP contribution < -0.4 is 6.15 Å². The van der Waals surface area contributed by atoms with E-state index < -0.39 is 57.4 Å². The first-order chi connectivity index (χ1) is 55.1. The molecule has 12 fully saturated rings. The highest BCUT2D eigenvalue weighted by Gasteiger charge is 2.67. The minimum Gasteiger partial charge on any atom is -0.390 e. The van der Waals surface area contributed by atoms with Crippen LogP contribution in [-0.4, -0.2) is 151 Å². The van der Waals surface area contributed by atoms with Gasteiger partial charge in [-0.3, -0.25) is 25.2 Å². The fourth-order valence-corrected chi connectivity index (χ4v) is 28.7. The molecule has 4 aromatic rings. The van der Waals surface area contributed by atoms with E-state index in [1.807, 2.05) is 20.8 Å². The van der Waals surface area contributed by atoms with Gasteiger partial charge in [-0.1, -0.05) is 64.5 Å². The molecule has 8 N–H and O–H groups in total. The molecule has 13 aliphatic rings. The van der Waals surface area contributed by atoms with E-state index in [-0.39, 0.29) is 126 Å². The molecular weight excluding hydrogens is 1590 g/mol. The first-order valence-corrected chi connectivity index (χ1v) is 44.5. The van der Waals surface area contributed by atoms with Crippen molar-refractivity contribution in [3.05, 3.63) is 71.3 Å². The summed E-state index contributed by atoms with van der Waals surface area (Å²) < 4.78 is 99.9. The maximum Gasteiger partial charge on any atom is 0.188 e. The van der Waals surface area contributed by atoms with Gasteiger partial charge in [0.1, 0.15) is 30.1 Å². The third kappa shape index (κ3) is 17.8. The number of rotatable bonds is 17. The van der Waals surface area contributed by atoms with E-state index in [9.17, 15) is 56.0 Å². The largest absolute Gasteiger partial charge is 0.390 e. The Morgan fingerprint density at radius 3 is 1.29 bits per heavy atom. The maximum absolute atomic E-state index is 14.2. The molecule has 17 rings (SSSR count). The molecule has 2 aromatic heterocycles. The highest BCUT2D eigenvalue weighted by Crippen LogP contribution is 2.72. The zero-order valence-corrected chi connectivity index (χ0v) is 71.6. The van der Waals surface area contributed by atoms with Gasteiger partial charge in [-0.05, 0) is 355 Å². The van der Waals surface area contributed by atoms with Gasteiger partial charge in [0.2, 0.25) is 0 Å². The summed E-state index contributed by atoms with van der Waals surface area (Å²) in [5.74, 6) is 1.49. The second-order valence-electron chi connectivity index (χ2n) is 39.4. The Balaban J connectivity index is 0.000000175. The quantitative estimate of drug-likeness (QED) is 0.0248. The average molecular weight is 1730 g/mol. The summed E-state index contributed by atoms with van der Waals surface area (Å²) in [6, 6.07) is 4.95. The number of Topliss-reactive ketones (excluding diaryl/α,β-unsaturated/α-hetero) is 3. The van der Waals surface area contributed by atoms with Crippen LogP contribution in [-0.2, 0) is 41.7 Å². The molecule has 13 aliphatic carbocycles. The van der Waals surface area contributed by atoms with Crippen molar-refractivity contribution in [2.75, 3.05) is 45.0 Å². The lowest BCUT2D eigenvalue weighted by Gasteiger charge is -2.62. The van der Waals surface area contributed by atoms with Crippen molar-refractivity contribution in [3.8, 4) is 0 Å². The van der Waals surface area contributed by atoms with Gasteiger partial charge in [-0.25, -0.2) is 31.0 Å². The van der Waals surface area contributed by atoms with Gasteiger partial charge in [-0.2, -0.15) is 17.6 Å². The molecular formula is C92H139B2BrF6N9O9-. The summed E-state index contributed by atoms with van der Waals surface area (Å²) in [6.45, 7) is 24.0. The predicted octanol–water partition coefficient (Wildman–Crippen LogP) is 18.4. The third-order valence-electron chi connectivity index (χ3n) is 33.7. The number of ketones is 3. The van der Waals surface area contributed by atoms with Crippen molar-refractivity contribution in [2.45, 2.75) is 280 Å². The number of fused-ring (bicyclic) bond motifs is 17. The number of aromatic nitrogens is 6. The van der Waals surface area contributed by atoms with Crippen LogP contribution >= 0.6 is 15.9 Å². The van der Waals surface area contributed by atoms with Crippen molar-refractivity contribution >= 4 is 82.2 Å². The summed E-state index contributed by atoms with van der Waals surface area (Å²) in [5.41, 5.74) is -1.74. The molecule has 18 nitrogen and oxygen atoms in total. The number of nitrogens with one attached hydrogen (secondary N) is 2. The molecule has 662 valence electrons. The van der Waals surface area contributed by atoms with Crippen LogP contribution in [0.15, 0.2) is 48.1 Å². The molecule has 0 saturated heterocycles. The van der Waals surface area contributed by atoms with Crippen LogP contribution in [0.25, 0.3) is 22.1 Å². The van der Waals surface area contributed by atoms with Crippen molar-refractivity contribution in [1.29, 1.82) is 10.8 Å². The Labute approximate surface area is 713 Å². The average Bonchev–Trinajstić information content (AvgIpc) is 1.69. The topological polar surface area (TPSA) is 284 Å². The first kappa shape index (κ1) is 96.2. The summed E-state index contributed by atoms with van der Waals surface area (Å²) in [4.78, 5) is 41.3. The third-order valence-corrected chi connectivity index (χ3v) is 34.3. The minimum atomic E-state index is -1.26. The van der Waals surface area contributed by atoms with E-state index >= 15 is 0 Å². The smallest absolute Gasteiger partial charge is 0.188 e. The molecule has 2 radical (unpaired) electrons. The number of allylic oxidation sites excluding steroid dienone is 4. The molecule has 0 amide bonds. The maximum atomic E-state index is 14.2. The van der Waals surface area contributed by atoms with Crippen molar-refractivity contribution < 1.29 is 70.3 Å². The number of aliphatic hydroxyl groups is 3. The molecule has 0 aliphatic heterocycles. The molecule has 27 heteroatoms. The lowest BCUT2D eigenvalue weighted by atomic mass is 9.43. The number of ether oxygens (including phenoxy) is 3. The number of nitrogens with zero attached hydrogens (tertiary/aromatic N) is 6. The van der Waals surface area contributed by atoms with Crippen LogP contribution in [0.2, 0.25) is 0 Å². The van der Waals surface area contributed by atoms with Crippen molar-refractivity contribution in [3.63, 3.8) is 0 Å². The summed E-state index contributed by atoms with van der Waals surface area (Å²) in [7, 11) is 5.00. The lowest BCUT2D eigenvalue weighted by molar-refractivity contribution is -0.178. The van der Waals surface area contributed by atoms with Gasteiger partial charge < -0.3 is 35.7 Å². The lowest BCUT2D eigenvalue weighted by Crippen LogP contribution is -2.58. The summed E-state index contributed by atoms with van der Waals surface area (Å²) in [6.07, 6.45) is 30.2. The van der Waals surface area contributed by atoms with Gasteiger partial charge in [0.25, 0.3) is 0 Å². The number of benzene rings is 2. The number of hydrogen-bond acceptors (Lipinski definition) is 16. The van der Waals surface area contributed by atoms with Crippen molar-refractivity contribution in [1.82, 2.24) is 36.1 Å². The molecule has 0 unspecified atom stereocenters. The Kier molecular flexibility index (Phi) is 30.4. The second kappa shape index (κ2) is 37.7. The fraction of sp³-hybridized carbons (Fsp3) is 0.772. The fourth-order valence-electron chi connectivity index (χ4n) is 28.3. The van der Waals surface area contributed by atoms with Gasteiger partial charge in [-0.15, -0.1) is 10.2 Å². The van der Waals surface area contributed by atoms with Crippen molar-refractivity contribution in [2.24, 2.45) is 121 Å². The van der Waals surface area contributed by atoms with E-state index in [0.717, 1.165) is 191 Å². The van der Waals surface area contributed by atoms with Crippen LogP contribution in [0.1, 0.15) is 251 Å². The SMILES string of the molecule is C.C.CCOC[C@]12CC[C@@](C)(O)C[C@@H]1CC[C@H]1[C@@H]3CC[C@H](C(=O)CBr)[C@@]3(C)CC[C@@H]12.CCOC[C@]12CC[C@@](C)(O)C[C@@H]1CC[C@H]1[C@@H]3CC[C@H](C(=O)Cn4nc5ccc(F)c(F)c5n4)[C@@]3(C)CC[C@@H]12.CCOC[C@]12CC[C@@](C)(O)C[C@@H]1CC[C@H]1[C@@H]3CC[C@H](C(=O)Cn4nnc5c(F)c(F)ccc54)[C@@]3(C)CC[C@@H]12.N.N=C1C=CC(F)=C(F)C1=N.[B][BH3-].